The second kappa shape index (κ2) is 5.68. The highest BCUT2D eigenvalue weighted by atomic mass is 16.5. The molecular weight excluding hydrogens is 282 g/mol. The predicted octanol–water partition coefficient (Wildman–Crippen LogP) is 0.711. The number of hydrogen-bond donors (Lipinski definition) is 0. The molecule has 0 radical (unpaired) electrons. The number of aryl methyl sites for hydroxylation is 1. The van der Waals surface area contributed by atoms with Gasteiger partial charge < -0.3 is 14.5 Å². The van der Waals surface area contributed by atoms with Crippen LogP contribution < -0.4 is 0 Å². The number of carbonyl (C=O) groups is 2. The molecule has 0 bridgehead atoms. The predicted molar refractivity (Wildman–Crippen MR) is 80.4 cm³/mol. The highest BCUT2D eigenvalue weighted by Gasteiger charge is 2.43. The van der Waals surface area contributed by atoms with Crippen LogP contribution in [0.4, 0.5) is 0 Å². The van der Waals surface area contributed by atoms with E-state index in [4.69, 9.17) is 4.74 Å². The maximum Gasteiger partial charge on any atom is 0.253 e. The Morgan fingerprint density at radius 3 is 3.00 bits per heavy atom. The molecule has 2 amide bonds. The van der Waals surface area contributed by atoms with E-state index in [0.29, 0.717) is 31.8 Å². The van der Waals surface area contributed by atoms with Gasteiger partial charge in [0.15, 0.2) is 0 Å². The summed E-state index contributed by atoms with van der Waals surface area (Å²) in [6, 6.07) is 3.56. The topological polar surface area (TPSA) is 62.7 Å². The van der Waals surface area contributed by atoms with E-state index in [-0.39, 0.29) is 23.8 Å². The average molecular weight is 303 g/mol. The third-order valence-electron chi connectivity index (χ3n) is 4.50. The minimum absolute atomic E-state index is 0.00594. The first kappa shape index (κ1) is 15.0. The zero-order valence-corrected chi connectivity index (χ0v) is 13.0. The lowest BCUT2D eigenvalue weighted by Crippen LogP contribution is -2.41. The number of likely N-dealkylation sites (tertiary alicyclic amines) is 1. The van der Waals surface area contributed by atoms with E-state index in [2.05, 4.69) is 4.98 Å². The molecule has 1 atom stereocenters. The Hall–Kier alpha value is -1.95. The molecule has 0 aromatic carbocycles. The van der Waals surface area contributed by atoms with Crippen LogP contribution in [0.25, 0.3) is 0 Å². The van der Waals surface area contributed by atoms with Crippen molar-refractivity contribution in [2.75, 3.05) is 39.9 Å². The first-order chi connectivity index (χ1) is 10.5. The Bertz CT molecular complexity index is 604. The van der Waals surface area contributed by atoms with Crippen LogP contribution in [-0.4, -0.2) is 66.5 Å². The van der Waals surface area contributed by atoms with Crippen molar-refractivity contribution in [1.29, 1.82) is 0 Å². The fourth-order valence-corrected chi connectivity index (χ4v) is 3.32. The molecule has 2 saturated heterocycles. The normalized spacial score (nSPS) is 25.6. The van der Waals surface area contributed by atoms with Gasteiger partial charge in [-0.3, -0.25) is 14.6 Å². The Kier molecular flexibility index (Phi) is 3.87. The first-order valence-electron chi connectivity index (χ1n) is 7.53. The second-order valence-corrected chi connectivity index (χ2v) is 6.41. The lowest BCUT2D eigenvalue weighted by atomic mass is 9.88. The summed E-state index contributed by atoms with van der Waals surface area (Å²) in [4.78, 5) is 32.1. The Balaban J connectivity index is 1.74. The molecule has 6 nitrogen and oxygen atoms in total. The molecule has 118 valence electrons. The van der Waals surface area contributed by atoms with Crippen LogP contribution in [0.2, 0.25) is 0 Å². The van der Waals surface area contributed by atoms with Crippen molar-refractivity contribution in [1.82, 2.24) is 14.8 Å². The molecule has 2 aliphatic rings. The summed E-state index contributed by atoms with van der Waals surface area (Å²) >= 11 is 0. The van der Waals surface area contributed by atoms with Crippen LogP contribution in [0.3, 0.4) is 0 Å². The van der Waals surface area contributed by atoms with Crippen LogP contribution >= 0.6 is 0 Å². The third kappa shape index (κ3) is 2.83. The van der Waals surface area contributed by atoms with Crippen molar-refractivity contribution < 1.29 is 14.3 Å². The molecule has 3 rings (SSSR count). The van der Waals surface area contributed by atoms with E-state index in [1.165, 1.54) is 0 Å². The van der Waals surface area contributed by atoms with Gasteiger partial charge in [0.25, 0.3) is 5.91 Å². The number of pyridine rings is 1. The summed E-state index contributed by atoms with van der Waals surface area (Å²) in [6.07, 6.45) is 2.52. The summed E-state index contributed by atoms with van der Waals surface area (Å²) in [7, 11) is 1.80. The van der Waals surface area contributed by atoms with Gasteiger partial charge >= 0.3 is 0 Å². The number of aromatic nitrogens is 1. The fraction of sp³-hybridized carbons (Fsp3) is 0.562. The summed E-state index contributed by atoms with van der Waals surface area (Å²) in [5.74, 6) is 0.0343. The maximum atomic E-state index is 12.6. The van der Waals surface area contributed by atoms with Gasteiger partial charge in [-0.2, -0.15) is 0 Å². The van der Waals surface area contributed by atoms with Gasteiger partial charge in [-0.05, 0) is 25.5 Å². The quantitative estimate of drug-likeness (QED) is 0.766. The van der Waals surface area contributed by atoms with Gasteiger partial charge in [-0.25, -0.2) is 0 Å². The molecular formula is C16H21N3O3. The molecule has 2 fully saturated rings. The van der Waals surface area contributed by atoms with E-state index in [0.717, 1.165) is 12.1 Å². The number of rotatable bonds is 1. The molecule has 0 N–H and O–H groups in total. The van der Waals surface area contributed by atoms with Crippen molar-refractivity contribution in [3.05, 3.63) is 29.6 Å². The molecule has 3 heterocycles. The second-order valence-electron chi connectivity index (χ2n) is 6.41. The van der Waals surface area contributed by atoms with E-state index in [1.807, 2.05) is 17.9 Å². The van der Waals surface area contributed by atoms with Crippen molar-refractivity contribution in [3.8, 4) is 0 Å². The summed E-state index contributed by atoms with van der Waals surface area (Å²) in [6.45, 7) is 4.52. The molecule has 1 aromatic heterocycles. The summed E-state index contributed by atoms with van der Waals surface area (Å²) < 4.78 is 5.53. The van der Waals surface area contributed by atoms with Crippen LogP contribution in [0, 0.1) is 12.3 Å². The SMILES string of the molecule is Cc1cc(C(=O)N2CCC3(COCC(=O)N(C)C3)C2)ccn1. The maximum absolute atomic E-state index is 12.6. The minimum atomic E-state index is -0.140. The summed E-state index contributed by atoms with van der Waals surface area (Å²) in [5.41, 5.74) is 1.37. The number of ether oxygens (including phenoxy) is 1. The average Bonchev–Trinajstić information content (AvgIpc) is 2.84. The Labute approximate surface area is 130 Å². The standard InChI is InChI=1S/C16H21N3O3/c1-12-7-13(3-5-17-12)15(21)19-6-4-16(10-19)9-18(2)14(20)8-22-11-16/h3,5,7H,4,6,8-11H2,1-2H3. The zero-order valence-electron chi connectivity index (χ0n) is 13.0. The third-order valence-corrected chi connectivity index (χ3v) is 4.50. The molecule has 6 heteroatoms. The van der Waals surface area contributed by atoms with Gasteiger partial charge in [0.2, 0.25) is 5.91 Å². The van der Waals surface area contributed by atoms with Crippen molar-refractivity contribution in [2.24, 2.45) is 5.41 Å². The highest BCUT2D eigenvalue weighted by molar-refractivity contribution is 5.94. The van der Waals surface area contributed by atoms with Gasteiger partial charge in [-0.15, -0.1) is 0 Å². The molecule has 1 unspecified atom stereocenters. The molecule has 22 heavy (non-hydrogen) atoms. The minimum Gasteiger partial charge on any atom is -0.371 e. The molecule has 1 spiro atoms. The molecule has 0 aliphatic carbocycles. The van der Waals surface area contributed by atoms with Crippen LogP contribution in [0.5, 0.6) is 0 Å². The van der Waals surface area contributed by atoms with Gasteiger partial charge in [0, 0.05) is 49.6 Å². The van der Waals surface area contributed by atoms with Crippen LogP contribution in [0.15, 0.2) is 18.3 Å². The van der Waals surface area contributed by atoms with E-state index >= 15 is 0 Å². The largest absolute Gasteiger partial charge is 0.371 e. The van der Waals surface area contributed by atoms with Gasteiger partial charge in [0.05, 0.1) is 6.61 Å². The van der Waals surface area contributed by atoms with Crippen LogP contribution in [-0.2, 0) is 9.53 Å². The number of carbonyl (C=O) groups excluding carboxylic acids is 2. The number of amides is 2. The van der Waals surface area contributed by atoms with Crippen LogP contribution in [0.1, 0.15) is 22.5 Å². The Morgan fingerprint density at radius 1 is 1.41 bits per heavy atom. The number of hydrogen-bond acceptors (Lipinski definition) is 4. The first-order valence-corrected chi connectivity index (χ1v) is 7.53. The smallest absolute Gasteiger partial charge is 0.253 e. The van der Waals surface area contributed by atoms with E-state index in [9.17, 15) is 9.59 Å². The number of nitrogens with zero attached hydrogens (tertiary/aromatic N) is 3. The zero-order chi connectivity index (χ0) is 15.7. The molecule has 1 aromatic rings. The fourth-order valence-electron chi connectivity index (χ4n) is 3.32. The van der Waals surface area contributed by atoms with E-state index < -0.39 is 0 Å². The number of likely N-dealkylation sites (N-methyl/N-ethyl adjacent to an activating group) is 1. The lowest BCUT2D eigenvalue weighted by Gasteiger charge is -2.29. The highest BCUT2D eigenvalue weighted by Crippen LogP contribution is 2.34. The monoisotopic (exact) mass is 303 g/mol. The van der Waals surface area contributed by atoms with Crippen molar-refractivity contribution >= 4 is 11.8 Å². The van der Waals surface area contributed by atoms with E-state index in [1.54, 1.807) is 24.2 Å². The van der Waals surface area contributed by atoms with Crippen molar-refractivity contribution in [2.45, 2.75) is 13.3 Å². The lowest BCUT2D eigenvalue weighted by molar-refractivity contribution is -0.132. The van der Waals surface area contributed by atoms with Crippen molar-refractivity contribution in [3.63, 3.8) is 0 Å². The molecule has 2 aliphatic heterocycles. The summed E-state index contributed by atoms with van der Waals surface area (Å²) in [5, 5.41) is 0. The van der Waals surface area contributed by atoms with Gasteiger partial charge in [-0.1, -0.05) is 0 Å². The molecule has 0 saturated carbocycles. The van der Waals surface area contributed by atoms with Gasteiger partial charge in [0.1, 0.15) is 6.61 Å². The Morgan fingerprint density at radius 2 is 2.23 bits per heavy atom.